The van der Waals surface area contributed by atoms with Crippen molar-refractivity contribution in [2.45, 2.75) is 42.9 Å². The van der Waals surface area contributed by atoms with Gasteiger partial charge in [0, 0.05) is 11.8 Å². The lowest BCUT2D eigenvalue weighted by Gasteiger charge is -2.18. The molecule has 1 heterocycles. The van der Waals surface area contributed by atoms with Gasteiger partial charge in [-0.15, -0.1) is 0 Å². The number of rotatable bonds is 6. The van der Waals surface area contributed by atoms with Crippen LogP contribution in [0.1, 0.15) is 36.6 Å². The van der Waals surface area contributed by atoms with Crippen LogP contribution in [0.25, 0.3) is 0 Å². The summed E-state index contributed by atoms with van der Waals surface area (Å²) in [6, 6.07) is 9.37. The summed E-state index contributed by atoms with van der Waals surface area (Å²) < 4.78 is 10.5. The van der Waals surface area contributed by atoms with E-state index in [1.54, 1.807) is 39.3 Å². The van der Waals surface area contributed by atoms with Crippen LogP contribution in [0.3, 0.4) is 0 Å². The minimum Gasteiger partial charge on any atom is -0.497 e. The Bertz CT molecular complexity index is 924. The minimum atomic E-state index is -0.423. The van der Waals surface area contributed by atoms with E-state index in [1.165, 1.54) is 11.8 Å². The summed E-state index contributed by atoms with van der Waals surface area (Å²) in [5, 5.41) is 12.6. The molecular formula is C21H23N3O3S. The fraction of sp³-hybridized carbons (Fsp3) is 0.381. The first kappa shape index (κ1) is 20.0. The Morgan fingerprint density at radius 2 is 2.04 bits per heavy atom. The molecule has 1 aliphatic carbocycles. The van der Waals surface area contributed by atoms with Gasteiger partial charge in [0.05, 0.1) is 30.7 Å². The highest BCUT2D eigenvalue weighted by molar-refractivity contribution is 8.00. The lowest BCUT2D eigenvalue weighted by Crippen LogP contribution is -2.23. The van der Waals surface area contributed by atoms with Crippen LogP contribution in [-0.4, -0.2) is 30.4 Å². The van der Waals surface area contributed by atoms with Crippen molar-refractivity contribution in [1.82, 2.24) is 4.98 Å². The van der Waals surface area contributed by atoms with E-state index < -0.39 is 5.25 Å². The first-order valence-electron chi connectivity index (χ1n) is 9.18. The second kappa shape index (κ2) is 8.98. The van der Waals surface area contributed by atoms with Crippen LogP contribution in [-0.2, 0) is 17.6 Å². The van der Waals surface area contributed by atoms with E-state index in [2.05, 4.69) is 16.4 Å². The molecule has 1 N–H and O–H groups in total. The number of hydrogen-bond acceptors (Lipinski definition) is 6. The number of benzene rings is 1. The smallest absolute Gasteiger partial charge is 0.237 e. The van der Waals surface area contributed by atoms with Crippen LogP contribution in [0.2, 0.25) is 0 Å². The molecule has 1 aromatic carbocycles. The van der Waals surface area contributed by atoms with Gasteiger partial charge in [-0.3, -0.25) is 4.79 Å². The predicted octanol–water partition coefficient (Wildman–Crippen LogP) is 3.97. The maximum absolute atomic E-state index is 12.7. The summed E-state index contributed by atoms with van der Waals surface area (Å²) in [6.07, 6.45) is 4.14. The van der Waals surface area contributed by atoms with Gasteiger partial charge in [-0.2, -0.15) is 5.26 Å². The Hall–Kier alpha value is -2.72. The molecule has 28 heavy (non-hydrogen) atoms. The number of fused-ring (bicyclic) bond motifs is 1. The number of thioether (sulfide) groups is 1. The van der Waals surface area contributed by atoms with Crippen molar-refractivity contribution in [1.29, 1.82) is 5.26 Å². The number of nitrogens with one attached hydrogen (secondary N) is 1. The lowest BCUT2D eigenvalue weighted by molar-refractivity contribution is -0.115. The van der Waals surface area contributed by atoms with Gasteiger partial charge >= 0.3 is 0 Å². The second-order valence-electron chi connectivity index (χ2n) is 6.58. The maximum atomic E-state index is 12.7. The van der Waals surface area contributed by atoms with E-state index in [9.17, 15) is 10.1 Å². The summed E-state index contributed by atoms with van der Waals surface area (Å²) in [6.45, 7) is 1.80. The molecule has 3 rings (SSSR count). The molecule has 0 saturated carbocycles. The standard InChI is InChI=1S/C21H23N3O3S/c1-13(20(25)23-18-9-8-16(26-2)11-19(18)27-3)28-21-15(12-22)10-14-6-4-5-7-17(14)24-21/h8-11,13H,4-7H2,1-3H3,(H,23,25). The van der Waals surface area contributed by atoms with Crippen LogP contribution >= 0.6 is 11.8 Å². The van der Waals surface area contributed by atoms with E-state index in [0.29, 0.717) is 27.8 Å². The SMILES string of the molecule is COc1ccc(NC(=O)C(C)Sc2nc3c(cc2C#N)CCCC3)c(OC)c1. The lowest BCUT2D eigenvalue weighted by atomic mass is 9.95. The number of aryl methyl sites for hydroxylation is 2. The molecule has 1 aromatic heterocycles. The fourth-order valence-corrected chi connectivity index (χ4v) is 4.04. The largest absolute Gasteiger partial charge is 0.497 e. The Kier molecular flexibility index (Phi) is 6.42. The van der Waals surface area contributed by atoms with E-state index >= 15 is 0 Å². The average Bonchev–Trinajstić information content (AvgIpc) is 2.73. The highest BCUT2D eigenvalue weighted by Crippen LogP contribution is 2.32. The molecule has 1 atom stereocenters. The second-order valence-corrected chi connectivity index (χ2v) is 7.91. The number of amides is 1. The molecule has 6 nitrogen and oxygen atoms in total. The topological polar surface area (TPSA) is 84.2 Å². The Balaban J connectivity index is 1.75. The van der Waals surface area contributed by atoms with Gasteiger partial charge in [-0.05, 0) is 56.4 Å². The van der Waals surface area contributed by atoms with Crippen LogP contribution in [0.15, 0.2) is 29.3 Å². The van der Waals surface area contributed by atoms with Gasteiger partial charge in [0.1, 0.15) is 22.6 Å². The number of hydrogen-bond donors (Lipinski definition) is 1. The number of carbonyl (C=O) groups is 1. The Morgan fingerprint density at radius 3 is 2.75 bits per heavy atom. The molecule has 7 heteroatoms. The number of nitriles is 1. The molecule has 0 spiro atoms. The van der Waals surface area contributed by atoms with Crippen LogP contribution in [0, 0.1) is 11.3 Å². The van der Waals surface area contributed by atoms with E-state index in [-0.39, 0.29) is 5.91 Å². The van der Waals surface area contributed by atoms with Crippen molar-refractivity contribution in [3.05, 3.63) is 41.1 Å². The fourth-order valence-electron chi connectivity index (χ4n) is 3.14. The molecule has 146 valence electrons. The van der Waals surface area contributed by atoms with Gasteiger partial charge in [0.15, 0.2) is 0 Å². The molecular weight excluding hydrogens is 374 g/mol. The monoisotopic (exact) mass is 397 g/mol. The Morgan fingerprint density at radius 1 is 1.25 bits per heavy atom. The van der Waals surface area contributed by atoms with E-state index in [0.717, 1.165) is 36.9 Å². The zero-order valence-corrected chi connectivity index (χ0v) is 17.1. The maximum Gasteiger partial charge on any atom is 0.237 e. The van der Waals surface area contributed by atoms with E-state index in [1.807, 2.05) is 6.07 Å². The summed E-state index contributed by atoms with van der Waals surface area (Å²) in [5.41, 5.74) is 3.32. The molecule has 0 aliphatic heterocycles. The van der Waals surface area contributed by atoms with Crippen molar-refractivity contribution in [2.24, 2.45) is 0 Å². The number of aromatic nitrogens is 1. The highest BCUT2D eigenvalue weighted by Gasteiger charge is 2.21. The average molecular weight is 398 g/mol. The van der Waals surface area contributed by atoms with Crippen molar-refractivity contribution >= 4 is 23.4 Å². The van der Waals surface area contributed by atoms with Crippen molar-refractivity contribution < 1.29 is 14.3 Å². The van der Waals surface area contributed by atoms with Crippen molar-refractivity contribution in [3.63, 3.8) is 0 Å². The summed E-state index contributed by atoms with van der Waals surface area (Å²) >= 11 is 1.30. The van der Waals surface area contributed by atoms with Gasteiger partial charge < -0.3 is 14.8 Å². The number of anilines is 1. The molecule has 0 saturated heterocycles. The third kappa shape index (κ3) is 4.39. The van der Waals surface area contributed by atoms with Crippen LogP contribution in [0.5, 0.6) is 11.5 Å². The zero-order valence-electron chi connectivity index (χ0n) is 16.2. The third-order valence-electron chi connectivity index (χ3n) is 4.71. The molecule has 0 radical (unpaired) electrons. The first-order chi connectivity index (χ1) is 13.5. The summed E-state index contributed by atoms with van der Waals surface area (Å²) in [7, 11) is 3.11. The van der Waals surface area contributed by atoms with E-state index in [4.69, 9.17) is 9.47 Å². The molecule has 1 aliphatic rings. The predicted molar refractivity (Wildman–Crippen MR) is 109 cm³/mol. The molecule has 1 unspecified atom stereocenters. The molecule has 0 fully saturated rings. The van der Waals surface area contributed by atoms with Gasteiger partial charge in [-0.25, -0.2) is 4.98 Å². The van der Waals surface area contributed by atoms with Gasteiger partial charge in [0.2, 0.25) is 5.91 Å². The number of pyridine rings is 1. The normalized spacial score (nSPS) is 13.8. The molecule has 2 aromatic rings. The number of ether oxygens (including phenoxy) is 2. The highest BCUT2D eigenvalue weighted by atomic mass is 32.2. The van der Waals surface area contributed by atoms with Crippen molar-refractivity contribution in [3.8, 4) is 17.6 Å². The quantitative estimate of drug-likeness (QED) is 0.743. The van der Waals surface area contributed by atoms with Crippen LogP contribution < -0.4 is 14.8 Å². The number of carbonyl (C=O) groups excluding carboxylic acids is 1. The zero-order chi connectivity index (χ0) is 20.1. The van der Waals surface area contributed by atoms with Gasteiger partial charge in [-0.1, -0.05) is 11.8 Å². The molecule has 0 bridgehead atoms. The number of nitrogens with zero attached hydrogens (tertiary/aromatic N) is 2. The van der Waals surface area contributed by atoms with Crippen molar-refractivity contribution in [2.75, 3.05) is 19.5 Å². The molecule has 1 amide bonds. The summed E-state index contributed by atoms with van der Waals surface area (Å²) in [5.74, 6) is 0.987. The Labute approximate surface area is 169 Å². The summed E-state index contributed by atoms with van der Waals surface area (Å²) in [4.78, 5) is 17.4. The van der Waals surface area contributed by atoms with Gasteiger partial charge in [0.25, 0.3) is 0 Å². The van der Waals surface area contributed by atoms with Crippen LogP contribution in [0.4, 0.5) is 5.69 Å². The third-order valence-corrected chi connectivity index (χ3v) is 5.81. The number of methoxy groups -OCH3 is 2. The minimum absolute atomic E-state index is 0.183. The first-order valence-corrected chi connectivity index (χ1v) is 10.1.